The van der Waals surface area contributed by atoms with Crippen molar-refractivity contribution in [2.45, 2.75) is 19.7 Å². The molecule has 0 bridgehead atoms. The van der Waals surface area contributed by atoms with E-state index in [1.165, 1.54) is 12.1 Å². The number of nitrogens with zero attached hydrogens (tertiary/aromatic N) is 3. The van der Waals surface area contributed by atoms with E-state index in [0.29, 0.717) is 12.1 Å². The Kier molecular flexibility index (Phi) is 5.11. The third kappa shape index (κ3) is 4.43. The molecule has 3 rings (SSSR count). The number of halogens is 3. The number of benzene rings is 2. The zero-order chi connectivity index (χ0) is 19.4. The predicted molar refractivity (Wildman–Crippen MR) is 91.8 cm³/mol. The van der Waals surface area contributed by atoms with Crippen molar-refractivity contribution in [3.63, 3.8) is 0 Å². The molecule has 9 heteroatoms. The second-order valence-electron chi connectivity index (χ2n) is 5.52. The highest BCUT2D eigenvalue weighted by Crippen LogP contribution is 2.25. The molecule has 0 fully saturated rings. The molecule has 0 radical (unpaired) electrons. The van der Waals surface area contributed by atoms with Gasteiger partial charge >= 0.3 is 6.36 Å². The predicted octanol–water partition coefficient (Wildman–Crippen LogP) is 3.98. The Hall–Kier alpha value is -3.36. The quantitative estimate of drug-likeness (QED) is 0.731. The molecule has 3 aromatic rings. The fraction of sp³-hybridized carbons (Fsp3) is 0.167. The zero-order valence-corrected chi connectivity index (χ0v) is 14.2. The van der Waals surface area contributed by atoms with Crippen LogP contribution < -0.4 is 10.1 Å². The maximum Gasteiger partial charge on any atom is 0.573 e. The standard InChI is InChI=1S/C18H15F3N4O2/c1-2-15-16(23-24-25(15)13-8-4-3-5-9-13)17(26)22-12-7-6-10-14(11-12)27-18(19,20)21/h3-11H,2H2,1H3,(H,22,26). The number of carbonyl (C=O) groups excluding carboxylic acids is 1. The van der Waals surface area contributed by atoms with E-state index in [-0.39, 0.29) is 11.4 Å². The smallest absolute Gasteiger partial charge is 0.406 e. The lowest BCUT2D eigenvalue weighted by Gasteiger charge is -2.10. The van der Waals surface area contributed by atoms with Crippen LogP contribution in [0.1, 0.15) is 23.1 Å². The molecular formula is C18H15F3N4O2. The van der Waals surface area contributed by atoms with Gasteiger partial charge in [-0.15, -0.1) is 18.3 Å². The molecule has 0 aliphatic carbocycles. The van der Waals surface area contributed by atoms with E-state index in [0.717, 1.165) is 17.8 Å². The lowest BCUT2D eigenvalue weighted by molar-refractivity contribution is -0.274. The van der Waals surface area contributed by atoms with E-state index < -0.39 is 18.0 Å². The molecule has 2 aromatic carbocycles. The van der Waals surface area contributed by atoms with E-state index in [1.807, 2.05) is 37.3 Å². The molecule has 0 saturated carbocycles. The third-order valence-corrected chi connectivity index (χ3v) is 3.64. The molecule has 0 spiro atoms. The third-order valence-electron chi connectivity index (χ3n) is 3.64. The molecule has 1 N–H and O–H groups in total. The highest BCUT2D eigenvalue weighted by Gasteiger charge is 2.31. The lowest BCUT2D eigenvalue weighted by atomic mass is 10.2. The molecule has 0 unspecified atom stereocenters. The zero-order valence-electron chi connectivity index (χ0n) is 14.2. The summed E-state index contributed by atoms with van der Waals surface area (Å²) in [6.07, 6.45) is -4.32. The first-order chi connectivity index (χ1) is 12.9. The molecule has 0 atom stereocenters. The van der Waals surface area contributed by atoms with Gasteiger partial charge in [0.05, 0.1) is 11.4 Å². The summed E-state index contributed by atoms with van der Waals surface area (Å²) < 4.78 is 42.4. The number of alkyl halides is 3. The second kappa shape index (κ2) is 7.48. The van der Waals surface area contributed by atoms with Crippen molar-refractivity contribution in [1.82, 2.24) is 15.0 Å². The summed E-state index contributed by atoms with van der Waals surface area (Å²) in [5.41, 5.74) is 1.59. The number of rotatable bonds is 5. The van der Waals surface area contributed by atoms with E-state index in [4.69, 9.17) is 0 Å². The van der Waals surface area contributed by atoms with E-state index in [9.17, 15) is 18.0 Å². The molecule has 140 valence electrons. The Balaban J connectivity index is 1.83. The van der Waals surface area contributed by atoms with Gasteiger partial charge in [-0.05, 0) is 30.7 Å². The Morgan fingerprint density at radius 1 is 1.15 bits per heavy atom. The Morgan fingerprint density at radius 2 is 1.89 bits per heavy atom. The number of anilines is 1. The van der Waals surface area contributed by atoms with Crippen molar-refractivity contribution < 1.29 is 22.7 Å². The Morgan fingerprint density at radius 3 is 2.56 bits per heavy atom. The summed E-state index contributed by atoms with van der Waals surface area (Å²) in [6, 6.07) is 14.2. The fourth-order valence-electron chi connectivity index (χ4n) is 2.53. The van der Waals surface area contributed by atoms with Crippen LogP contribution in [0.15, 0.2) is 54.6 Å². The summed E-state index contributed by atoms with van der Waals surface area (Å²) in [4.78, 5) is 12.5. The number of hydrogen-bond donors (Lipinski definition) is 1. The summed E-state index contributed by atoms with van der Waals surface area (Å²) in [7, 11) is 0. The Labute approximate surface area is 152 Å². The number of hydrogen-bond acceptors (Lipinski definition) is 4. The van der Waals surface area contributed by atoms with Gasteiger partial charge in [0, 0.05) is 11.8 Å². The van der Waals surface area contributed by atoms with Gasteiger partial charge in [0.25, 0.3) is 5.91 Å². The van der Waals surface area contributed by atoms with Crippen LogP contribution in [-0.2, 0) is 6.42 Å². The summed E-state index contributed by atoms with van der Waals surface area (Å²) in [6.45, 7) is 1.85. The van der Waals surface area contributed by atoms with Gasteiger partial charge in [-0.2, -0.15) is 0 Å². The average Bonchev–Trinajstić information content (AvgIpc) is 3.05. The van der Waals surface area contributed by atoms with Gasteiger partial charge < -0.3 is 10.1 Å². The van der Waals surface area contributed by atoms with Crippen LogP contribution in [0, 0.1) is 0 Å². The SMILES string of the molecule is CCc1c(C(=O)Nc2cccc(OC(F)(F)F)c2)nnn1-c1ccccc1. The molecule has 1 heterocycles. The second-order valence-corrected chi connectivity index (χ2v) is 5.52. The number of nitrogens with one attached hydrogen (secondary N) is 1. The first-order valence-electron chi connectivity index (χ1n) is 8.04. The normalized spacial score (nSPS) is 11.3. The van der Waals surface area contributed by atoms with E-state index >= 15 is 0 Å². The number of para-hydroxylation sites is 1. The van der Waals surface area contributed by atoms with Crippen LogP contribution in [0.25, 0.3) is 5.69 Å². The monoisotopic (exact) mass is 376 g/mol. The van der Waals surface area contributed by atoms with Crippen LogP contribution in [0.5, 0.6) is 5.75 Å². The maximum atomic E-state index is 12.5. The minimum Gasteiger partial charge on any atom is -0.406 e. The number of aromatic nitrogens is 3. The molecule has 1 amide bonds. The largest absolute Gasteiger partial charge is 0.573 e. The molecule has 1 aromatic heterocycles. The van der Waals surface area contributed by atoms with Gasteiger partial charge in [0.1, 0.15) is 5.75 Å². The topological polar surface area (TPSA) is 69.0 Å². The molecule has 6 nitrogen and oxygen atoms in total. The van der Waals surface area contributed by atoms with Gasteiger partial charge in [-0.25, -0.2) is 4.68 Å². The average molecular weight is 376 g/mol. The summed E-state index contributed by atoms with van der Waals surface area (Å²) >= 11 is 0. The van der Waals surface area contributed by atoms with Crippen molar-refractivity contribution in [3.8, 4) is 11.4 Å². The summed E-state index contributed by atoms with van der Waals surface area (Å²) in [5.74, 6) is -0.998. The van der Waals surface area contributed by atoms with Crippen LogP contribution in [0.4, 0.5) is 18.9 Å². The number of carbonyl (C=O) groups is 1. The first kappa shape index (κ1) is 18.4. The molecular weight excluding hydrogens is 361 g/mol. The number of ether oxygens (including phenoxy) is 1. The molecule has 0 aliphatic heterocycles. The van der Waals surface area contributed by atoms with Crippen LogP contribution >= 0.6 is 0 Å². The number of amides is 1. The summed E-state index contributed by atoms with van der Waals surface area (Å²) in [5, 5.41) is 10.5. The highest BCUT2D eigenvalue weighted by molar-refractivity contribution is 6.03. The van der Waals surface area contributed by atoms with Crippen molar-refractivity contribution >= 4 is 11.6 Å². The van der Waals surface area contributed by atoms with Crippen molar-refractivity contribution in [2.24, 2.45) is 0 Å². The lowest BCUT2D eigenvalue weighted by Crippen LogP contribution is -2.18. The van der Waals surface area contributed by atoms with E-state index in [1.54, 1.807) is 4.68 Å². The first-order valence-corrected chi connectivity index (χ1v) is 8.04. The van der Waals surface area contributed by atoms with Crippen molar-refractivity contribution in [1.29, 1.82) is 0 Å². The van der Waals surface area contributed by atoms with Crippen molar-refractivity contribution in [3.05, 3.63) is 66.0 Å². The van der Waals surface area contributed by atoms with E-state index in [2.05, 4.69) is 20.4 Å². The van der Waals surface area contributed by atoms with Gasteiger partial charge in [-0.1, -0.05) is 36.4 Å². The molecule has 27 heavy (non-hydrogen) atoms. The maximum absolute atomic E-state index is 12.5. The molecule has 0 saturated heterocycles. The van der Waals surface area contributed by atoms with Gasteiger partial charge in [0.15, 0.2) is 5.69 Å². The van der Waals surface area contributed by atoms with Gasteiger partial charge in [-0.3, -0.25) is 4.79 Å². The molecule has 0 aliphatic rings. The minimum absolute atomic E-state index is 0.100. The van der Waals surface area contributed by atoms with Crippen LogP contribution in [0.2, 0.25) is 0 Å². The minimum atomic E-state index is -4.81. The Bertz CT molecular complexity index is 939. The highest BCUT2D eigenvalue weighted by atomic mass is 19.4. The van der Waals surface area contributed by atoms with Crippen LogP contribution in [-0.4, -0.2) is 27.3 Å². The van der Waals surface area contributed by atoms with Crippen LogP contribution in [0.3, 0.4) is 0 Å². The fourth-order valence-corrected chi connectivity index (χ4v) is 2.53. The van der Waals surface area contributed by atoms with Crippen molar-refractivity contribution in [2.75, 3.05) is 5.32 Å². The van der Waals surface area contributed by atoms with Gasteiger partial charge in [0.2, 0.25) is 0 Å².